The second-order valence-corrected chi connectivity index (χ2v) is 7.09. The third kappa shape index (κ3) is 3.49. The van der Waals surface area contributed by atoms with Crippen molar-refractivity contribution in [2.24, 2.45) is 0 Å². The summed E-state index contributed by atoms with van der Waals surface area (Å²) in [4.78, 5) is 12.2. The van der Waals surface area contributed by atoms with E-state index in [1.165, 1.54) is 17.0 Å². The highest BCUT2D eigenvalue weighted by Crippen LogP contribution is 2.27. The molecule has 1 aliphatic rings. The fourth-order valence-electron chi connectivity index (χ4n) is 2.39. The molecule has 1 aromatic carbocycles. The van der Waals surface area contributed by atoms with Crippen LogP contribution in [0.15, 0.2) is 18.2 Å². The van der Waals surface area contributed by atoms with Crippen molar-refractivity contribution in [1.29, 1.82) is 5.26 Å². The van der Waals surface area contributed by atoms with Gasteiger partial charge in [-0.1, -0.05) is 0 Å². The number of aliphatic carboxylic acids is 1. The molecular formula is C13H13FN2O4S. The molecule has 1 fully saturated rings. The van der Waals surface area contributed by atoms with Crippen LogP contribution in [0.5, 0.6) is 0 Å². The van der Waals surface area contributed by atoms with Crippen LogP contribution in [0.4, 0.5) is 10.1 Å². The number of anilines is 1. The Labute approximate surface area is 121 Å². The molecule has 8 heteroatoms. The lowest BCUT2D eigenvalue weighted by molar-refractivity contribution is -0.135. The minimum absolute atomic E-state index is 0.00139. The number of carbonyl (C=O) groups is 1. The molecule has 0 bridgehead atoms. The maximum atomic E-state index is 14.0. The van der Waals surface area contributed by atoms with Crippen molar-refractivity contribution in [3.05, 3.63) is 29.6 Å². The lowest BCUT2D eigenvalue weighted by Crippen LogP contribution is -2.40. The van der Waals surface area contributed by atoms with Gasteiger partial charge in [-0.05, 0) is 24.6 Å². The van der Waals surface area contributed by atoms with Crippen molar-refractivity contribution in [3.8, 4) is 6.07 Å². The van der Waals surface area contributed by atoms with Gasteiger partial charge in [0.25, 0.3) is 0 Å². The van der Waals surface area contributed by atoms with Crippen LogP contribution in [0.3, 0.4) is 0 Å². The summed E-state index contributed by atoms with van der Waals surface area (Å²) in [6.45, 7) is -0.497. The van der Waals surface area contributed by atoms with Crippen molar-refractivity contribution in [3.63, 3.8) is 0 Å². The highest BCUT2D eigenvalue weighted by molar-refractivity contribution is 7.91. The van der Waals surface area contributed by atoms with E-state index in [9.17, 15) is 17.6 Å². The van der Waals surface area contributed by atoms with E-state index in [1.54, 1.807) is 6.07 Å². The summed E-state index contributed by atoms with van der Waals surface area (Å²) < 4.78 is 37.1. The van der Waals surface area contributed by atoms with Gasteiger partial charge in [-0.3, -0.25) is 4.79 Å². The van der Waals surface area contributed by atoms with Crippen LogP contribution in [-0.4, -0.2) is 43.6 Å². The summed E-state index contributed by atoms with van der Waals surface area (Å²) in [5, 5.41) is 17.7. The number of sulfone groups is 1. The highest BCUT2D eigenvalue weighted by atomic mass is 32.2. The average molecular weight is 312 g/mol. The quantitative estimate of drug-likeness (QED) is 0.882. The molecular weight excluding hydrogens is 299 g/mol. The summed E-state index contributed by atoms with van der Waals surface area (Å²) in [6.07, 6.45) is 0.259. The van der Waals surface area contributed by atoms with Gasteiger partial charge in [0.2, 0.25) is 0 Å². The van der Waals surface area contributed by atoms with E-state index >= 15 is 0 Å². The second kappa shape index (κ2) is 5.69. The van der Waals surface area contributed by atoms with Crippen LogP contribution in [0.1, 0.15) is 12.0 Å². The monoisotopic (exact) mass is 312 g/mol. The fourth-order valence-corrected chi connectivity index (χ4v) is 4.12. The van der Waals surface area contributed by atoms with Crippen molar-refractivity contribution >= 4 is 21.5 Å². The van der Waals surface area contributed by atoms with Gasteiger partial charge < -0.3 is 10.0 Å². The van der Waals surface area contributed by atoms with Crippen LogP contribution in [0.2, 0.25) is 0 Å². The Balaban J connectivity index is 2.37. The van der Waals surface area contributed by atoms with E-state index in [0.29, 0.717) is 0 Å². The normalized spacial score (nSPS) is 19.9. The molecule has 1 atom stereocenters. The first-order valence-electron chi connectivity index (χ1n) is 6.21. The predicted octanol–water partition coefficient (Wildman–Crippen LogP) is 0.775. The molecule has 1 aliphatic heterocycles. The smallest absolute Gasteiger partial charge is 0.323 e. The van der Waals surface area contributed by atoms with E-state index in [-0.39, 0.29) is 29.2 Å². The fraction of sp³-hybridized carbons (Fsp3) is 0.385. The predicted molar refractivity (Wildman–Crippen MR) is 73.2 cm³/mol. The third-order valence-electron chi connectivity index (χ3n) is 3.34. The summed E-state index contributed by atoms with van der Waals surface area (Å²) in [6, 6.07) is 4.90. The topological polar surface area (TPSA) is 98.5 Å². The van der Waals surface area contributed by atoms with Gasteiger partial charge in [-0.15, -0.1) is 0 Å². The molecule has 0 aliphatic carbocycles. The first kappa shape index (κ1) is 15.3. The van der Waals surface area contributed by atoms with E-state index < -0.39 is 34.2 Å². The molecule has 0 aromatic heterocycles. The zero-order valence-electron chi connectivity index (χ0n) is 11.0. The third-order valence-corrected chi connectivity index (χ3v) is 5.09. The number of hydrogen-bond donors (Lipinski definition) is 1. The SMILES string of the molecule is N#Cc1ccc(N(CC(=O)O)C2CCS(=O)(=O)C2)c(F)c1. The molecule has 0 amide bonds. The second-order valence-electron chi connectivity index (χ2n) is 4.86. The number of carboxylic acid groups (broad SMARTS) is 1. The largest absolute Gasteiger partial charge is 0.480 e. The zero-order valence-corrected chi connectivity index (χ0v) is 11.8. The molecule has 21 heavy (non-hydrogen) atoms. The maximum absolute atomic E-state index is 14.0. The summed E-state index contributed by atoms with van der Waals surface area (Å²) in [5.41, 5.74) is 0.115. The lowest BCUT2D eigenvalue weighted by atomic mass is 10.1. The van der Waals surface area contributed by atoms with E-state index in [4.69, 9.17) is 10.4 Å². The van der Waals surface area contributed by atoms with Crippen LogP contribution in [-0.2, 0) is 14.6 Å². The van der Waals surface area contributed by atoms with Gasteiger partial charge in [0.1, 0.15) is 12.4 Å². The molecule has 1 aromatic rings. The Morgan fingerprint density at radius 1 is 1.52 bits per heavy atom. The average Bonchev–Trinajstić information content (AvgIpc) is 2.76. The minimum atomic E-state index is -3.22. The molecule has 2 rings (SSSR count). The van der Waals surface area contributed by atoms with Gasteiger partial charge in [-0.25, -0.2) is 12.8 Å². The Morgan fingerprint density at radius 3 is 2.71 bits per heavy atom. The number of benzene rings is 1. The Bertz CT molecular complexity index is 711. The van der Waals surface area contributed by atoms with E-state index in [0.717, 1.165) is 6.07 Å². The Hall–Kier alpha value is -2.14. The Morgan fingerprint density at radius 2 is 2.24 bits per heavy atom. The molecule has 1 saturated heterocycles. The van der Waals surface area contributed by atoms with Gasteiger partial charge >= 0.3 is 5.97 Å². The number of carboxylic acids is 1. The van der Waals surface area contributed by atoms with Gasteiger partial charge in [0.05, 0.1) is 28.8 Å². The molecule has 1 heterocycles. The first-order valence-corrected chi connectivity index (χ1v) is 8.03. The van der Waals surface area contributed by atoms with Crippen molar-refractivity contribution in [2.75, 3.05) is 23.0 Å². The summed E-state index contributed by atoms with van der Waals surface area (Å²) in [5.74, 6) is -2.14. The van der Waals surface area contributed by atoms with Gasteiger partial charge in [0.15, 0.2) is 9.84 Å². The molecule has 1 N–H and O–H groups in total. The summed E-state index contributed by atoms with van der Waals surface area (Å²) in [7, 11) is -3.22. The van der Waals surface area contributed by atoms with Crippen LogP contribution in [0.25, 0.3) is 0 Å². The number of rotatable bonds is 4. The van der Waals surface area contributed by atoms with Crippen LogP contribution in [0, 0.1) is 17.1 Å². The minimum Gasteiger partial charge on any atom is -0.480 e. The molecule has 1 unspecified atom stereocenters. The van der Waals surface area contributed by atoms with Gasteiger partial charge in [0, 0.05) is 6.04 Å². The van der Waals surface area contributed by atoms with E-state index in [2.05, 4.69) is 0 Å². The number of nitriles is 1. The van der Waals surface area contributed by atoms with E-state index in [1.807, 2.05) is 0 Å². The number of hydrogen-bond acceptors (Lipinski definition) is 5. The van der Waals surface area contributed by atoms with Crippen molar-refractivity contribution in [1.82, 2.24) is 0 Å². The van der Waals surface area contributed by atoms with Crippen molar-refractivity contribution < 1.29 is 22.7 Å². The molecule has 0 spiro atoms. The molecule has 6 nitrogen and oxygen atoms in total. The first-order chi connectivity index (χ1) is 9.82. The summed E-state index contributed by atoms with van der Waals surface area (Å²) >= 11 is 0. The molecule has 0 radical (unpaired) electrons. The lowest BCUT2D eigenvalue weighted by Gasteiger charge is -2.29. The zero-order chi connectivity index (χ0) is 15.6. The highest BCUT2D eigenvalue weighted by Gasteiger charge is 2.34. The number of nitrogens with zero attached hydrogens (tertiary/aromatic N) is 2. The number of halogens is 1. The van der Waals surface area contributed by atoms with Crippen LogP contribution >= 0.6 is 0 Å². The maximum Gasteiger partial charge on any atom is 0.323 e. The van der Waals surface area contributed by atoms with Crippen LogP contribution < -0.4 is 4.90 Å². The van der Waals surface area contributed by atoms with Gasteiger partial charge in [-0.2, -0.15) is 5.26 Å². The molecule has 112 valence electrons. The standard InChI is InChI=1S/C13H13FN2O4S/c14-11-5-9(6-15)1-2-12(11)16(7-13(17)18)10-3-4-21(19,20)8-10/h1-2,5,10H,3-4,7-8H2,(H,17,18). The Kier molecular flexibility index (Phi) is 4.14. The van der Waals surface area contributed by atoms with Crippen molar-refractivity contribution in [2.45, 2.75) is 12.5 Å². The molecule has 0 saturated carbocycles.